The summed E-state index contributed by atoms with van der Waals surface area (Å²) in [6, 6.07) is 8.68. The molecular weight excluding hydrogens is 340 g/mol. The Bertz CT molecular complexity index is 767. The number of ether oxygens (including phenoxy) is 1. The number of carbonyl (C=O) groups is 2. The third-order valence-electron chi connectivity index (χ3n) is 3.98. The zero-order chi connectivity index (χ0) is 17.8. The Morgan fingerprint density at radius 1 is 1.32 bits per heavy atom. The van der Waals surface area contributed by atoms with Crippen molar-refractivity contribution in [3.8, 4) is 16.2 Å². The van der Waals surface area contributed by atoms with Gasteiger partial charge in [0.2, 0.25) is 0 Å². The maximum atomic E-state index is 12.6. The average Bonchev–Trinajstić information content (AvgIpc) is 3.24. The van der Waals surface area contributed by atoms with Gasteiger partial charge in [-0.15, -0.1) is 11.3 Å². The summed E-state index contributed by atoms with van der Waals surface area (Å²) >= 11 is 1.31. The second-order valence-electron chi connectivity index (χ2n) is 5.73. The van der Waals surface area contributed by atoms with Crippen LogP contribution in [0, 0.1) is 0 Å². The number of anilines is 1. The van der Waals surface area contributed by atoms with Crippen molar-refractivity contribution < 1.29 is 14.3 Å². The number of hydrogen-bond acceptors (Lipinski definition) is 5. The van der Waals surface area contributed by atoms with Crippen molar-refractivity contribution in [1.82, 2.24) is 10.6 Å². The Balaban J connectivity index is 1.87. The van der Waals surface area contributed by atoms with Crippen LogP contribution in [0.1, 0.15) is 16.8 Å². The molecule has 0 spiro atoms. The molecule has 2 heterocycles. The average molecular weight is 360 g/mol. The van der Waals surface area contributed by atoms with Gasteiger partial charge in [-0.3, -0.25) is 10.1 Å². The Morgan fingerprint density at radius 2 is 2.08 bits per heavy atom. The van der Waals surface area contributed by atoms with E-state index in [0.717, 1.165) is 35.7 Å². The molecule has 0 aliphatic carbocycles. The predicted molar refractivity (Wildman–Crippen MR) is 98.3 cm³/mol. The van der Waals surface area contributed by atoms with Crippen molar-refractivity contribution in [2.75, 3.05) is 25.5 Å². The standard InChI is InChI=1S/C17H20N4O3S/c1-24-12-4-2-10(3-5-12)14-8-13(16(25-14)21-17(18)23)15(22)20-11-6-7-19-9-11/h2-5,8,11,19H,6-7,9H2,1H3,(H,20,22)(H3,18,21,23)/t11-/m0/s1. The number of rotatable bonds is 5. The third kappa shape index (κ3) is 4.09. The number of thiophene rings is 1. The maximum Gasteiger partial charge on any atom is 0.317 e. The second-order valence-corrected chi connectivity index (χ2v) is 6.79. The number of nitrogens with one attached hydrogen (secondary N) is 3. The maximum absolute atomic E-state index is 12.6. The molecular formula is C17H20N4O3S. The van der Waals surface area contributed by atoms with Crippen LogP contribution in [0.2, 0.25) is 0 Å². The number of benzene rings is 1. The Morgan fingerprint density at radius 3 is 2.68 bits per heavy atom. The predicted octanol–water partition coefficient (Wildman–Crippen LogP) is 2.01. The smallest absolute Gasteiger partial charge is 0.317 e. The number of methoxy groups -OCH3 is 1. The summed E-state index contributed by atoms with van der Waals surface area (Å²) in [5.74, 6) is 0.538. The second kappa shape index (κ2) is 7.54. The van der Waals surface area contributed by atoms with Crippen LogP contribution in [0.3, 0.4) is 0 Å². The highest BCUT2D eigenvalue weighted by atomic mass is 32.1. The van der Waals surface area contributed by atoms with E-state index < -0.39 is 6.03 Å². The number of primary amides is 1. The van der Waals surface area contributed by atoms with E-state index in [1.54, 1.807) is 13.2 Å². The van der Waals surface area contributed by atoms with Crippen molar-refractivity contribution in [2.24, 2.45) is 5.73 Å². The first kappa shape index (κ1) is 17.2. The van der Waals surface area contributed by atoms with Crippen molar-refractivity contribution in [1.29, 1.82) is 0 Å². The Hall–Kier alpha value is -2.58. The highest BCUT2D eigenvalue weighted by Crippen LogP contribution is 2.36. The van der Waals surface area contributed by atoms with Gasteiger partial charge in [-0.25, -0.2) is 4.79 Å². The van der Waals surface area contributed by atoms with Crippen LogP contribution in [-0.4, -0.2) is 38.2 Å². The molecule has 1 aliphatic heterocycles. The van der Waals surface area contributed by atoms with Crippen LogP contribution in [-0.2, 0) is 0 Å². The van der Waals surface area contributed by atoms with Crippen LogP contribution in [0.5, 0.6) is 5.75 Å². The van der Waals surface area contributed by atoms with Crippen LogP contribution >= 0.6 is 11.3 Å². The molecule has 5 N–H and O–H groups in total. The molecule has 2 aromatic rings. The largest absolute Gasteiger partial charge is 0.497 e. The molecule has 1 aromatic heterocycles. The lowest BCUT2D eigenvalue weighted by molar-refractivity contribution is 0.0941. The van der Waals surface area contributed by atoms with Crippen molar-refractivity contribution in [2.45, 2.75) is 12.5 Å². The van der Waals surface area contributed by atoms with Gasteiger partial charge in [0.05, 0.1) is 12.7 Å². The highest BCUT2D eigenvalue weighted by Gasteiger charge is 2.22. The normalized spacial score (nSPS) is 16.4. The minimum Gasteiger partial charge on any atom is -0.497 e. The van der Waals surface area contributed by atoms with E-state index in [-0.39, 0.29) is 11.9 Å². The zero-order valence-corrected chi connectivity index (χ0v) is 14.6. The van der Waals surface area contributed by atoms with Crippen molar-refractivity contribution in [3.05, 3.63) is 35.9 Å². The zero-order valence-electron chi connectivity index (χ0n) is 13.8. The number of nitrogens with two attached hydrogens (primary N) is 1. The van der Waals surface area contributed by atoms with Crippen LogP contribution in [0.15, 0.2) is 30.3 Å². The van der Waals surface area contributed by atoms with Gasteiger partial charge in [0.1, 0.15) is 10.8 Å². The lowest BCUT2D eigenvalue weighted by Gasteiger charge is -2.11. The minimum absolute atomic E-state index is 0.0956. The first-order valence-electron chi connectivity index (χ1n) is 7.93. The quantitative estimate of drug-likeness (QED) is 0.654. The lowest BCUT2D eigenvalue weighted by Crippen LogP contribution is -2.36. The molecule has 1 aliphatic rings. The monoisotopic (exact) mass is 360 g/mol. The van der Waals surface area contributed by atoms with E-state index >= 15 is 0 Å². The first-order valence-corrected chi connectivity index (χ1v) is 8.75. The van der Waals surface area contributed by atoms with Crippen LogP contribution in [0.4, 0.5) is 9.80 Å². The fourth-order valence-electron chi connectivity index (χ4n) is 2.70. The minimum atomic E-state index is -0.695. The van der Waals surface area contributed by atoms with E-state index in [0.29, 0.717) is 10.6 Å². The SMILES string of the molecule is COc1ccc(-c2cc(C(=O)N[C@H]3CCNC3)c(NC(N)=O)s2)cc1. The first-order chi connectivity index (χ1) is 12.1. The van der Waals surface area contributed by atoms with Crippen molar-refractivity contribution in [3.63, 3.8) is 0 Å². The Kier molecular flexibility index (Phi) is 5.20. The summed E-state index contributed by atoms with van der Waals surface area (Å²) in [6.45, 7) is 1.64. The summed E-state index contributed by atoms with van der Waals surface area (Å²) in [4.78, 5) is 24.7. The van der Waals surface area contributed by atoms with Crippen LogP contribution < -0.4 is 26.4 Å². The molecule has 1 fully saturated rings. The molecule has 1 aromatic carbocycles. The van der Waals surface area contributed by atoms with Crippen LogP contribution in [0.25, 0.3) is 10.4 Å². The fraction of sp³-hybridized carbons (Fsp3) is 0.294. The molecule has 8 heteroatoms. The van der Waals surface area contributed by atoms with Gasteiger partial charge in [-0.1, -0.05) is 0 Å². The van der Waals surface area contributed by atoms with Gasteiger partial charge in [0.25, 0.3) is 5.91 Å². The van der Waals surface area contributed by atoms with Gasteiger partial charge in [-0.05, 0) is 48.9 Å². The van der Waals surface area contributed by atoms with E-state index in [9.17, 15) is 9.59 Å². The van der Waals surface area contributed by atoms with Gasteiger partial charge in [0, 0.05) is 17.5 Å². The van der Waals surface area contributed by atoms with E-state index in [4.69, 9.17) is 10.5 Å². The van der Waals surface area contributed by atoms with Gasteiger partial charge in [0.15, 0.2) is 0 Å². The summed E-state index contributed by atoms with van der Waals surface area (Å²) in [7, 11) is 1.61. The molecule has 0 unspecified atom stereocenters. The number of carbonyl (C=O) groups excluding carboxylic acids is 2. The fourth-order valence-corrected chi connectivity index (χ4v) is 3.77. The van der Waals surface area contributed by atoms with Crippen molar-refractivity contribution >= 4 is 28.3 Å². The lowest BCUT2D eigenvalue weighted by atomic mass is 10.1. The molecule has 1 saturated heterocycles. The Labute approximate surface area is 149 Å². The number of amides is 3. The summed E-state index contributed by atoms with van der Waals surface area (Å²) in [5.41, 5.74) is 6.59. The number of hydrogen-bond donors (Lipinski definition) is 4. The number of urea groups is 1. The molecule has 7 nitrogen and oxygen atoms in total. The molecule has 0 saturated carbocycles. The molecule has 1 atom stereocenters. The highest BCUT2D eigenvalue weighted by molar-refractivity contribution is 7.20. The van der Waals surface area contributed by atoms with E-state index in [1.165, 1.54) is 11.3 Å². The van der Waals surface area contributed by atoms with E-state index in [2.05, 4.69) is 16.0 Å². The molecule has 3 rings (SSSR count). The van der Waals surface area contributed by atoms with Gasteiger partial charge < -0.3 is 21.1 Å². The summed E-state index contributed by atoms with van der Waals surface area (Å²) in [6.07, 6.45) is 0.889. The topological polar surface area (TPSA) is 105 Å². The molecule has 0 radical (unpaired) electrons. The molecule has 132 valence electrons. The van der Waals surface area contributed by atoms with Gasteiger partial charge in [-0.2, -0.15) is 0 Å². The molecule has 3 amide bonds. The summed E-state index contributed by atoms with van der Waals surface area (Å²) < 4.78 is 5.16. The molecule has 0 bridgehead atoms. The molecule has 25 heavy (non-hydrogen) atoms. The third-order valence-corrected chi connectivity index (χ3v) is 5.08. The summed E-state index contributed by atoms with van der Waals surface area (Å²) in [5, 5.41) is 9.18. The van der Waals surface area contributed by atoms with Gasteiger partial charge >= 0.3 is 6.03 Å². The van der Waals surface area contributed by atoms with E-state index in [1.807, 2.05) is 24.3 Å².